The van der Waals surface area contributed by atoms with Gasteiger partial charge in [0.05, 0.1) is 21.8 Å². The molecule has 0 aliphatic carbocycles. The van der Waals surface area contributed by atoms with E-state index in [0.717, 1.165) is 54.2 Å². The number of piperazine rings is 1. The van der Waals surface area contributed by atoms with Crippen molar-refractivity contribution in [3.63, 3.8) is 0 Å². The van der Waals surface area contributed by atoms with Gasteiger partial charge in [-0.2, -0.15) is 13.2 Å². The van der Waals surface area contributed by atoms with E-state index >= 15 is 4.39 Å². The second-order valence-electron chi connectivity index (χ2n) is 18.2. The number of carboxylic acid groups (broad SMARTS) is 1. The summed E-state index contributed by atoms with van der Waals surface area (Å²) < 4.78 is 117. The minimum Gasteiger partial charge on any atom is -0.478 e. The lowest BCUT2D eigenvalue weighted by Crippen LogP contribution is -2.46. The van der Waals surface area contributed by atoms with Crippen molar-refractivity contribution in [1.82, 2.24) is 14.9 Å². The van der Waals surface area contributed by atoms with Crippen LogP contribution in [0.15, 0.2) is 130 Å². The number of aromatic carboxylic acids is 1. The molecular formula is C52H57ClF4N8O6S3. The Morgan fingerprint density at radius 1 is 0.838 bits per heavy atom. The summed E-state index contributed by atoms with van der Waals surface area (Å²) in [5.74, 6) is 4.33. The van der Waals surface area contributed by atoms with Crippen LogP contribution in [0.4, 0.5) is 40.3 Å². The average Bonchev–Trinajstić information content (AvgIpc) is 3.69. The maximum absolute atomic E-state index is 15.6. The van der Waals surface area contributed by atoms with Gasteiger partial charge in [-0.15, -0.1) is 11.8 Å². The highest BCUT2D eigenvalue weighted by Gasteiger charge is 2.48. The minimum absolute atomic E-state index is 0.0752. The lowest BCUT2D eigenvalue weighted by atomic mass is 9.96. The number of benzene rings is 5. The molecule has 6 aromatic rings. The van der Waals surface area contributed by atoms with Crippen molar-refractivity contribution >= 4 is 71.9 Å². The number of piperidine rings is 1. The number of nitrogens with two attached hydrogens (primary N) is 1. The average molecular weight is 1100 g/mol. The Morgan fingerprint density at radius 2 is 1.49 bits per heavy atom. The third-order valence-corrected chi connectivity index (χ3v) is 17.8. The summed E-state index contributed by atoms with van der Waals surface area (Å²) in [6, 6.07) is 29.7. The zero-order chi connectivity index (χ0) is 53.0. The van der Waals surface area contributed by atoms with Crippen molar-refractivity contribution in [2.75, 3.05) is 71.4 Å². The van der Waals surface area contributed by atoms with E-state index in [1.807, 2.05) is 51.6 Å². The van der Waals surface area contributed by atoms with Crippen LogP contribution in [-0.4, -0.2) is 107 Å². The van der Waals surface area contributed by atoms with Crippen LogP contribution in [0.1, 0.15) is 42.2 Å². The maximum Gasteiger partial charge on any atom is 0.501 e. The fourth-order valence-corrected chi connectivity index (χ4v) is 12.8. The second-order valence-corrected chi connectivity index (χ2v) is 23.3. The normalized spacial score (nSPS) is 15.6. The summed E-state index contributed by atoms with van der Waals surface area (Å²) in [6.07, 6.45) is 2.09. The number of carbonyl (C=O) groups is 1. The number of nitrogens with zero attached hydrogens (tertiary/aromatic N) is 4. The molecule has 3 heterocycles. The molecule has 8 rings (SSSR count). The zero-order valence-electron chi connectivity index (χ0n) is 40.6. The first-order valence-corrected chi connectivity index (χ1v) is 28.3. The summed E-state index contributed by atoms with van der Waals surface area (Å²) in [5, 5.41) is 14.0. The van der Waals surface area contributed by atoms with Crippen LogP contribution in [-0.2, 0) is 26.4 Å². The van der Waals surface area contributed by atoms with E-state index in [0.29, 0.717) is 90.7 Å². The van der Waals surface area contributed by atoms with Gasteiger partial charge in [-0.3, -0.25) is 16.0 Å². The van der Waals surface area contributed by atoms with Crippen LogP contribution in [0.25, 0.3) is 22.4 Å². The van der Waals surface area contributed by atoms with E-state index in [-0.39, 0.29) is 23.0 Å². The van der Waals surface area contributed by atoms with Crippen molar-refractivity contribution in [3.05, 3.63) is 137 Å². The SMILES string of the molecule is CCn1c(C)c(C(=O)O)c(-c2cc(F)cc(N3CCN(c4ccc(NS(=O)(=O)c5ccc(N[C@H](CCN6CCC(NN)CC6)CSc6ccccc6)c(S(=O)(=O)C(F)(F)F)c5)cc4)CC3)c2)c1-c1ccc(Cl)cc1. The number of likely N-dealkylation sites (tertiary alicyclic amines) is 1. The molecule has 1 aromatic heterocycles. The predicted octanol–water partition coefficient (Wildman–Crippen LogP) is 9.95. The fraction of sp³-hybridized carbons (Fsp3) is 0.327. The standard InChI is InChI=1S/C52H57ClF4N8O6S3/c1-3-65-34(2)48(51(66)67)49(50(65)35-9-11-37(53)12-10-35)36-29-38(54)31-43(30-36)64-27-25-63(26-28-64)42-15-13-40(14-16-42)61-74(70,71)45-17-18-46(47(32-45)73(68,69)52(55,56)57)59-41(33-72-44-7-5-4-6-8-44)21-24-62-22-19-39(60-58)20-23-62/h4-18,29-32,39,41,59-61H,3,19-28,33,58H2,1-2H3,(H,66,67)/t41-/m1/s1. The summed E-state index contributed by atoms with van der Waals surface area (Å²) in [4.78, 5) is 18.1. The molecule has 0 amide bonds. The lowest BCUT2D eigenvalue weighted by Gasteiger charge is -2.37. The number of carboxylic acids is 1. The van der Waals surface area contributed by atoms with E-state index in [1.54, 1.807) is 49.4 Å². The van der Waals surface area contributed by atoms with Crippen molar-refractivity contribution in [2.24, 2.45) is 5.84 Å². The summed E-state index contributed by atoms with van der Waals surface area (Å²) in [6.45, 7) is 8.06. The summed E-state index contributed by atoms with van der Waals surface area (Å²) in [7, 11) is -10.7. The number of nitrogens with one attached hydrogen (secondary N) is 3. The first kappa shape index (κ1) is 54.5. The van der Waals surface area contributed by atoms with Crippen molar-refractivity contribution in [1.29, 1.82) is 0 Å². The monoisotopic (exact) mass is 1100 g/mol. The van der Waals surface area contributed by atoms with Crippen LogP contribution in [0.5, 0.6) is 0 Å². The van der Waals surface area contributed by atoms with Crippen LogP contribution in [0.2, 0.25) is 5.02 Å². The number of rotatable bonds is 19. The number of anilines is 4. The number of hydrogen-bond acceptors (Lipinski definition) is 12. The van der Waals surface area contributed by atoms with Gasteiger partial charge in [0.15, 0.2) is 0 Å². The first-order valence-electron chi connectivity index (χ1n) is 24.0. The molecule has 0 spiro atoms. The van der Waals surface area contributed by atoms with E-state index in [1.165, 1.54) is 36.0 Å². The molecule has 14 nitrogen and oxygen atoms in total. The van der Waals surface area contributed by atoms with Gasteiger partial charge >= 0.3 is 11.5 Å². The molecule has 2 aliphatic heterocycles. The summed E-state index contributed by atoms with van der Waals surface area (Å²) >= 11 is 7.65. The first-order chi connectivity index (χ1) is 35.3. The Bertz CT molecular complexity index is 3170. The van der Waals surface area contributed by atoms with E-state index < -0.39 is 53.0 Å². The van der Waals surface area contributed by atoms with Crippen LogP contribution in [0, 0.1) is 12.7 Å². The van der Waals surface area contributed by atoms with Gasteiger partial charge < -0.3 is 29.7 Å². The smallest absolute Gasteiger partial charge is 0.478 e. The van der Waals surface area contributed by atoms with E-state index in [9.17, 15) is 39.9 Å². The van der Waals surface area contributed by atoms with Gasteiger partial charge in [0.25, 0.3) is 19.9 Å². The number of aromatic nitrogens is 1. The lowest BCUT2D eigenvalue weighted by molar-refractivity contribution is -0.0436. The molecule has 0 unspecified atom stereocenters. The third-order valence-electron chi connectivity index (χ3n) is 13.5. The van der Waals surface area contributed by atoms with E-state index in [2.05, 4.69) is 20.4 Å². The molecule has 74 heavy (non-hydrogen) atoms. The van der Waals surface area contributed by atoms with Gasteiger partial charge in [0, 0.05) is 95.3 Å². The Hall–Kier alpha value is -5.81. The van der Waals surface area contributed by atoms with Crippen LogP contribution < -0.4 is 31.1 Å². The second kappa shape index (κ2) is 23.0. The molecule has 0 bridgehead atoms. The molecule has 2 fully saturated rings. The Morgan fingerprint density at radius 3 is 2.09 bits per heavy atom. The molecule has 0 radical (unpaired) electrons. The fourth-order valence-electron chi connectivity index (χ4n) is 9.59. The molecule has 2 aliphatic rings. The van der Waals surface area contributed by atoms with Gasteiger partial charge in [-0.05, 0) is 142 Å². The Kier molecular flexibility index (Phi) is 16.9. The number of hydrogen-bond donors (Lipinski definition) is 5. The molecular weight excluding hydrogens is 1040 g/mol. The highest BCUT2D eigenvalue weighted by Crippen LogP contribution is 2.42. The topological polar surface area (TPSA) is 182 Å². The predicted molar refractivity (Wildman–Crippen MR) is 285 cm³/mol. The number of alkyl halides is 3. The molecule has 6 N–H and O–H groups in total. The largest absolute Gasteiger partial charge is 0.501 e. The van der Waals surface area contributed by atoms with Crippen molar-refractivity contribution < 1.29 is 44.3 Å². The minimum atomic E-state index is -6.04. The van der Waals surface area contributed by atoms with Gasteiger partial charge in [-0.1, -0.05) is 41.9 Å². The molecule has 1 atom stereocenters. The molecule has 22 heteroatoms. The van der Waals surface area contributed by atoms with Gasteiger partial charge in [0.1, 0.15) is 10.7 Å². The molecule has 0 saturated carbocycles. The quantitative estimate of drug-likeness (QED) is 0.0224. The highest BCUT2D eigenvalue weighted by molar-refractivity contribution is 7.99. The molecule has 394 valence electrons. The number of sulfonamides is 1. The number of halogens is 5. The van der Waals surface area contributed by atoms with Crippen LogP contribution in [0.3, 0.4) is 0 Å². The van der Waals surface area contributed by atoms with Gasteiger partial charge in [0.2, 0.25) is 0 Å². The highest BCUT2D eigenvalue weighted by atomic mass is 35.5. The number of hydrazine groups is 1. The zero-order valence-corrected chi connectivity index (χ0v) is 43.8. The Balaban J connectivity index is 0.972. The molecule has 5 aromatic carbocycles. The van der Waals surface area contributed by atoms with Gasteiger partial charge in [-0.25, -0.2) is 26.0 Å². The summed E-state index contributed by atoms with van der Waals surface area (Å²) in [5.41, 5.74) is 0.840. The maximum atomic E-state index is 15.6. The van der Waals surface area contributed by atoms with Crippen molar-refractivity contribution in [3.8, 4) is 22.4 Å². The third kappa shape index (κ3) is 12.3. The number of thioether (sulfide) groups is 1. The molecule has 2 saturated heterocycles. The number of sulfone groups is 1. The van der Waals surface area contributed by atoms with Crippen molar-refractivity contribution in [2.45, 2.75) is 71.9 Å². The van der Waals surface area contributed by atoms with Crippen LogP contribution >= 0.6 is 23.4 Å². The van der Waals surface area contributed by atoms with E-state index in [4.69, 9.17) is 17.4 Å². The Labute approximate surface area is 437 Å².